The first-order valence-corrected chi connectivity index (χ1v) is 6.05. The highest BCUT2D eigenvalue weighted by atomic mass is 19.1. The maximum atomic E-state index is 13.6. The van der Waals surface area contributed by atoms with E-state index >= 15 is 0 Å². The summed E-state index contributed by atoms with van der Waals surface area (Å²) in [6, 6.07) is 9.63. The Kier molecular flexibility index (Phi) is 4.13. The van der Waals surface area contributed by atoms with E-state index in [1.807, 2.05) is 0 Å². The minimum Gasteiger partial charge on any atom is -0.387 e. The molecule has 6 nitrogen and oxygen atoms in total. The van der Waals surface area contributed by atoms with Crippen molar-refractivity contribution >= 4 is 23.0 Å². The summed E-state index contributed by atoms with van der Waals surface area (Å²) in [6.07, 6.45) is 0. The summed E-state index contributed by atoms with van der Waals surface area (Å²) in [6.45, 7) is 0. The summed E-state index contributed by atoms with van der Waals surface area (Å²) in [7, 11) is 1.65. The van der Waals surface area contributed by atoms with Gasteiger partial charge in [0.1, 0.15) is 5.82 Å². The SMILES string of the molecule is CNc1ccccc1C(=O)Nc1cc([N+](=O)[O-])ccc1F. The van der Waals surface area contributed by atoms with Gasteiger partial charge in [0, 0.05) is 24.9 Å². The van der Waals surface area contributed by atoms with E-state index in [9.17, 15) is 19.3 Å². The Morgan fingerprint density at radius 3 is 2.57 bits per heavy atom. The van der Waals surface area contributed by atoms with Crippen LogP contribution in [0.3, 0.4) is 0 Å². The number of hydrogen-bond donors (Lipinski definition) is 2. The van der Waals surface area contributed by atoms with Crippen molar-refractivity contribution in [3.05, 3.63) is 64.0 Å². The lowest BCUT2D eigenvalue weighted by Crippen LogP contribution is -2.15. The summed E-state index contributed by atoms with van der Waals surface area (Å²) in [5.74, 6) is -1.30. The van der Waals surface area contributed by atoms with Crippen LogP contribution in [0.2, 0.25) is 0 Å². The van der Waals surface area contributed by atoms with E-state index < -0.39 is 16.6 Å². The predicted molar refractivity (Wildman–Crippen MR) is 77.0 cm³/mol. The van der Waals surface area contributed by atoms with Gasteiger partial charge in [-0.05, 0) is 18.2 Å². The number of nitrogens with zero attached hydrogens (tertiary/aromatic N) is 1. The van der Waals surface area contributed by atoms with Crippen molar-refractivity contribution in [1.82, 2.24) is 0 Å². The van der Waals surface area contributed by atoms with Gasteiger partial charge in [-0.3, -0.25) is 14.9 Å². The van der Waals surface area contributed by atoms with Crippen molar-refractivity contribution in [3.8, 4) is 0 Å². The lowest BCUT2D eigenvalue weighted by Gasteiger charge is -2.10. The molecular weight excluding hydrogens is 277 g/mol. The normalized spacial score (nSPS) is 10.0. The van der Waals surface area contributed by atoms with Gasteiger partial charge >= 0.3 is 0 Å². The number of nitro groups is 1. The number of amides is 1. The van der Waals surface area contributed by atoms with E-state index in [1.165, 1.54) is 0 Å². The summed E-state index contributed by atoms with van der Waals surface area (Å²) in [5, 5.41) is 15.9. The van der Waals surface area contributed by atoms with Gasteiger partial charge < -0.3 is 10.6 Å². The monoisotopic (exact) mass is 289 g/mol. The van der Waals surface area contributed by atoms with E-state index in [-0.39, 0.29) is 11.4 Å². The molecule has 0 radical (unpaired) electrons. The number of halogens is 1. The Hall–Kier alpha value is -2.96. The van der Waals surface area contributed by atoms with Gasteiger partial charge in [-0.25, -0.2) is 4.39 Å². The van der Waals surface area contributed by atoms with Gasteiger partial charge in [-0.1, -0.05) is 12.1 Å². The summed E-state index contributed by atoms with van der Waals surface area (Å²) in [5.41, 5.74) is 0.348. The van der Waals surface area contributed by atoms with Crippen LogP contribution in [0.25, 0.3) is 0 Å². The first kappa shape index (κ1) is 14.4. The highest BCUT2D eigenvalue weighted by molar-refractivity contribution is 6.08. The Balaban J connectivity index is 2.31. The number of benzene rings is 2. The van der Waals surface area contributed by atoms with Gasteiger partial charge in [0.15, 0.2) is 0 Å². The van der Waals surface area contributed by atoms with Crippen LogP contribution >= 0.6 is 0 Å². The zero-order valence-electron chi connectivity index (χ0n) is 11.1. The highest BCUT2D eigenvalue weighted by Crippen LogP contribution is 2.23. The Morgan fingerprint density at radius 1 is 1.19 bits per heavy atom. The average molecular weight is 289 g/mol. The molecule has 2 N–H and O–H groups in total. The summed E-state index contributed by atoms with van der Waals surface area (Å²) in [4.78, 5) is 22.2. The minimum absolute atomic E-state index is 0.236. The largest absolute Gasteiger partial charge is 0.387 e. The van der Waals surface area contributed by atoms with Crippen LogP contribution in [0.15, 0.2) is 42.5 Å². The van der Waals surface area contributed by atoms with E-state index in [0.717, 1.165) is 18.2 Å². The van der Waals surface area contributed by atoms with Crippen LogP contribution < -0.4 is 10.6 Å². The molecule has 108 valence electrons. The van der Waals surface area contributed by atoms with E-state index in [2.05, 4.69) is 10.6 Å². The topological polar surface area (TPSA) is 84.3 Å². The molecule has 0 saturated carbocycles. The fraction of sp³-hybridized carbons (Fsp3) is 0.0714. The van der Waals surface area contributed by atoms with Crippen LogP contribution in [0.5, 0.6) is 0 Å². The lowest BCUT2D eigenvalue weighted by molar-refractivity contribution is -0.384. The van der Waals surface area contributed by atoms with Gasteiger partial charge in [0.2, 0.25) is 0 Å². The van der Waals surface area contributed by atoms with Crippen LogP contribution in [-0.4, -0.2) is 17.9 Å². The number of carbonyl (C=O) groups excluding carboxylic acids is 1. The predicted octanol–water partition coefficient (Wildman–Crippen LogP) is 3.03. The summed E-state index contributed by atoms with van der Waals surface area (Å²) < 4.78 is 13.6. The van der Waals surface area contributed by atoms with Crippen molar-refractivity contribution in [2.45, 2.75) is 0 Å². The molecule has 0 aliphatic carbocycles. The van der Waals surface area contributed by atoms with Crippen molar-refractivity contribution in [1.29, 1.82) is 0 Å². The van der Waals surface area contributed by atoms with Crippen molar-refractivity contribution in [3.63, 3.8) is 0 Å². The van der Waals surface area contributed by atoms with E-state index in [1.54, 1.807) is 31.3 Å². The molecule has 0 atom stereocenters. The molecule has 2 rings (SSSR count). The number of non-ortho nitro benzene ring substituents is 1. The second-order valence-corrected chi connectivity index (χ2v) is 4.17. The number of rotatable bonds is 4. The highest BCUT2D eigenvalue weighted by Gasteiger charge is 2.15. The molecule has 0 bridgehead atoms. The number of nitrogens with one attached hydrogen (secondary N) is 2. The zero-order chi connectivity index (χ0) is 15.4. The molecule has 21 heavy (non-hydrogen) atoms. The van der Waals surface area contributed by atoms with E-state index in [0.29, 0.717) is 11.3 Å². The van der Waals surface area contributed by atoms with Gasteiger partial charge in [0.25, 0.3) is 11.6 Å². The zero-order valence-corrected chi connectivity index (χ0v) is 11.1. The van der Waals surface area contributed by atoms with Crippen molar-refractivity contribution in [2.24, 2.45) is 0 Å². The van der Waals surface area contributed by atoms with Crippen LogP contribution in [0.1, 0.15) is 10.4 Å². The molecule has 0 aromatic heterocycles. The molecule has 7 heteroatoms. The van der Waals surface area contributed by atoms with Crippen LogP contribution in [0.4, 0.5) is 21.5 Å². The summed E-state index contributed by atoms with van der Waals surface area (Å²) >= 11 is 0. The van der Waals surface area contributed by atoms with Gasteiger partial charge in [-0.2, -0.15) is 0 Å². The molecule has 0 fully saturated rings. The third-order valence-corrected chi connectivity index (χ3v) is 2.85. The third kappa shape index (κ3) is 3.14. The average Bonchev–Trinajstić information content (AvgIpc) is 2.49. The van der Waals surface area contributed by atoms with Gasteiger partial charge in [0.05, 0.1) is 16.2 Å². The number of para-hydroxylation sites is 1. The molecule has 0 aliphatic heterocycles. The molecule has 2 aromatic rings. The molecule has 0 saturated heterocycles. The quantitative estimate of drug-likeness (QED) is 0.669. The smallest absolute Gasteiger partial charge is 0.271 e. The Morgan fingerprint density at radius 2 is 1.90 bits per heavy atom. The number of carbonyl (C=O) groups is 1. The first-order chi connectivity index (χ1) is 10.0. The lowest BCUT2D eigenvalue weighted by atomic mass is 10.1. The maximum absolute atomic E-state index is 13.6. The maximum Gasteiger partial charge on any atom is 0.271 e. The minimum atomic E-state index is -0.740. The van der Waals surface area contributed by atoms with Gasteiger partial charge in [-0.15, -0.1) is 0 Å². The fourth-order valence-corrected chi connectivity index (χ4v) is 1.81. The van der Waals surface area contributed by atoms with Crippen molar-refractivity contribution < 1.29 is 14.1 Å². The molecule has 0 spiro atoms. The van der Waals surface area contributed by atoms with Crippen LogP contribution in [-0.2, 0) is 0 Å². The fourth-order valence-electron chi connectivity index (χ4n) is 1.81. The second-order valence-electron chi connectivity index (χ2n) is 4.17. The molecule has 0 unspecified atom stereocenters. The first-order valence-electron chi connectivity index (χ1n) is 6.05. The molecule has 0 heterocycles. The van der Waals surface area contributed by atoms with Crippen LogP contribution in [0, 0.1) is 15.9 Å². The van der Waals surface area contributed by atoms with Crippen molar-refractivity contribution in [2.75, 3.05) is 17.7 Å². The molecule has 0 aliphatic rings. The second kappa shape index (κ2) is 6.00. The van der Waals surface area contributed by atoms with E-state index in [4.69, 9.17) is 0 Å². The molecular formula is C14H12FN3O3. The number of nitro benzene ring substituents is 1. The number of anilines is 2. The molecule has 1 amide bonds. The molecule has 2 aromatic carbocycles. The third-order valence-electron chi connectivity index (χ3n) is 2.85. The number of hydrogen-bond acceptors (Lipinski definition) is 4. The Bertz CT molecular complexity index is 704. The Labute approximate surface area is 119 Å². The standard InChI is InChI=1S/C14H12FN3O3/c1-16-12-5-3-2-4-10(12)14(19)17-13-8-9(18(20)21)6-7-11(13)15/h2-8,16H,1H3,(H,17,19).